The Morgan fingerprint density at radius 2 is 1.73 bits per heavy atom. The number of amides is 1. The number of aryl methyl sites for hydroxylation is 1. The van der Waals surface area contributed by atoms with Crippen LogP contribution in [-0.2, 0) is 16.0 Å². The summed E-state index contributed by atoms with van der Waals surface area (Å²) in [5.41, 5.74) is 2.15. The zero-order valence-electron chi connectivity index (χ0n) is 15.1. The number of benzene rings is 2. The Morgan fingerprint density at radius 3 is 2.31 bits per heavy atom. The molecule has 138 valence electrons. The topological polar surface area (TPSA) is 55.4 Å². The number of rotatable bonds is 9. The fraction of sp³-hybridized carbons (Fsp3) is 0.333. The van der Waals surface area contributed by atoms with Crippen molar-refractivity contribution in [3.05, 3.63) is 64.1 Å². The van der Waals surface area contributed by atoms with E-state index >= 15 is 0 Å². The molecule has 26 heavy (non-hydrogen) atoms. The first-order chi connectivity index (χ1) is 12.5. The molecule has 0 aromatic heterocycles. The average Bonchev–Trinajstić information content (AvgIpc) is 2.64. The third-order valence-electron chi connectivity index (χ3n) is 4.07. The van der Waals surface area contributed by atoms with Gasteiger partial charge >= 0.3 is 0 Å². The van der Waals surface area contributed by atoms with Gasteiger partial charge in [-0.25, -0.2) is 0 Å². The average molecular weight is 418 g/mol. The van der Waals surface area contributed by atoms with E-state index in [1.165, 1.54) is 0 Å². The molecule has 1 amide bonds. The van der Waals surface area contributed by atoms with Crippen LogP contribution in [0.5, 0.6) is 5.75 Å². The number of hydrogen-bond acceptors (Lipinski definition) is 3. The Balaban J connectivity index is 1.83. The molecule has 0 heterocycles. The van der Waals surface area contributed by atoms with Crippen molar-refractivity contribution >= 4 is 27.6 Å². The van der Waals surface area contributed by atoms with Gasteiger partial charge in [0.1, 0.15) is 11.5 Å². The molecule has 0 spiro atoms. The van der Waals surface area contributed by atoms with Crippen molar-refractivity contribution < 1.29 is 14.3 Å². The van der Waals surface area contributed by atoms with Crippen molar-refractivity contribution in [2.45, 2.75) is 39.2 Å². The summed E-state index contributed by atoms with van der Waals surface area (Å²) in [4.78, 5) is 23.2. The number of Topliss-reactive ketones (excluding diaryl/α,β-unsaturated/α-hetero) is 1. The highest BCUT2D eigenvalue weighted by Gasteiger charge is 2.13. The van der Waals surface area contributed by atoms with Crippen molar-refractivity contribution in [1.29, 1.82) is 0 Å². The first kappa shape index (κ1) is 20.2. The van der Waals surface area contributed by atoms with Gasteiger partial charge in [0, 0.05) is 10.9 Å². The molecule has 2 aromatic rings. The summed E-state index contributed by atoms with van der Waals surface area (Å²) in [5, 5.41) is 3.00. The molecule has 5 heteroatoms. The van der Waals surface area contributed by atoms with Crippen molar-refractivity contribution in [2.75, 3.05) is 6.61 Å². The minimum Gasteiger partial charge on any atom is -0.484 e. The minimum atomic E-state index is -0.152. The quantitative estimate of drug-likeness (QED) is 0.647. The molecule has 1 atom stereocenters. The van der Waals surface area contributed by atoms with Gasteiger partial charge in [0.05, 0.1) is 6.04 Å². The predicted octanol–water partition coefficient (Wildman–Crippen LogP) is 4.62. The summed E-state index contributed by atoms with van der Waals surface area (Å²) in [6, 6.07) is 15.4. The highest BCUT2D eigenvalue weighted by atomic mass is 79.9. The van der Waals surface area contributed by atoms with Gasteiger partial charge in [-0.3, -0.25) is 4.79 Å². The van der Waals surface area contributed by atoms with Crippen LogP contribution in [0.4, 0.5) is 0 Å². The molecule has 0 bridgehead atoms. The zero-order chi connectivity index (χ0) is 18.9. The number of halogens is 1. The fourth-order valence-electron chi connectivity index (χ4n) is 2.57. The maximum Gasteiger partial charge on any atom is 0.258 e. The van der Waals surface area contributed by atoms with E-state index in [0.29, 0.717) is 12.2 Å². The van der Waals surface area contributed by atoms with Crippen molar-refractivity contribution in [3.63, 3.8) is 0 Å². The molecule has 1 N–H and O–H groups in total. The van der Waals surface area contributed by atoms with Gasteiger partial charge in [-0.05, 0) is 55.2 Å². The normalized spacial score (nSPS) is 11.7. The summed E-state index contributed by atoms with van der Waals surface area (Å²) in [6.07, 6.45) is 2.07. The maximum absolute atomic E-state index is 12.2. The summed E-state index contributed by atoms with van der Waals surface area (Å²) in [5.74, 6) is 0.669. The van der Waals surface area contributed by atoms with Crippen molar-refractivity contribution in [2.24, 2.45) is 0 Å². The Hall–Kier alpha value is -2.14. The van der Waals surface area contributed by atoms with Crippen LogP contribution in [0, 0.1) is 0 Å². The van der Waals surface area contributed by atoms with Crippen molar-refractivity contribution in [3.8, 4) is 5.75 Å². The lowest BCUT2D eigenvalue weighted by atomic mass is 10.0. The molecule has 1 unspecified atom stereocenters. The molecule has 2 aromatic carbocycles. The molecule has 0 fully saturated rings. The van der Waals surface area contributed by atoms with Gasteiger partial charge in [-0.2, -0.15) is 0 Å². The second-order valence-corrected chi connectivity index (χ2v) is 7.13. The number of nitrogens with one attached hydrogen (secondary N) is 1. The molecular formula is C21H24BrNO3. The monoisotopic (exact) mass is 417 g/mol. The third kappa shape index (κ3) is 6.64. The summed E-state index contributed by atoms with van der Waals surface area (Å²) in [6.45, 7) is 3.60. The molecule has 4 nitrogen and oxygen atoms in total. The molecule has 0 radical (unpaired) electrons. The van der Waals surface area contributed by atoms with E-state index in [0.717, 1.165) is 28.4 Å². The summed E-state index contributed by atoms with van der Waals surface area (Å²) < 4.78 is 6.57. The molecule has 0 saturated carbocycles. The minimum absolute atomic E-state index is 0.0280. The van der Waals surface area contributed by atoms with Gasteiger partial charge in [-0.15, -0.1) is 0 Å². The first-order valence-corrected chi connectivity index (χ1v) is 9.53. The van der Waals surface area contributed by atoms with Crippen LogP contribution in [0.25, 0.3) is 0 Å². The predicted molar refractivity (Wildman–Crippen MR) is 106 cm³/mol. The maximum atomic E-state index is 12.2. The largest absolute Gasteiger partial charge is 0.484 e. The van der Waals surface area contributed by atoms with Crippen LogP contribution in [0.3, 0.4) is 0 Å². The van der Waals surface area contributed by atoms with E-state index < -0.39 is 0 Å². The van der Waals surface area contributed by atoms with Crippen LogP contribution in [0.15, 0.2) is 53.0 Å². The lowest BCUT2D eigenvalue weighted by molar-refractivity contribution is -0.124. The van der Waals surface area contributed by atoms with Crippen molar-refractivity contribution in [1.82, 2.24) is 5.32 Å². The Labute approximate surface area is 163 Å². The van der Waals surface area contributed by atoms with E-state index in [2.05, 4.69) is 21.2 Å². The lowest BCUT2D eigenvalue weighted by Gasteiger charge is -2.18. The second-order valence-electron chi connectivity index (χ2n) is 6.21. The van der Waals surface area contributed by atoms with Crippen LogP contribution >= 0.6 is 15.9 Å². The fourth-order valence-corrected chi connectivity index (χ4v) is 2.84. The van der Waals surface area contributed by atoms with Crippen LogP contribution in [0.2, 0.25) is 0 Å². The molecule has 0 aliphatic heterocycles. The van der Waals surface area contributed by atoms with Crippen LogP contribution < -0.4 is 10.1 Å². The Morgan fingerprint density at radius 1 is 1.08 bits per heavy atom. The number of carbonyl (C=O) groups is 2. The van der Waals surface area contributed by atoms with E-state index in [1.807, 2.05) is 55.5 Å². The first-order valence-electron chi connectivity index (χ1n) is 8.74. The SMILES string of the molecule is CCC(NC(=O)COc1ccc(CCC(C)=O)cc1)c1ccc(Br)cc1. The van der Waals surface area contributed by atoms with Gasteiger partial charge in [0.25, 0.3) is 5.91 Å². The van der Waals surface area contributed by atoms with E-state index in [-0.39, 0.29) is 24.3 Å². The van der Waals surface area contributed by atoms with Gasteiger partial charge < -0.3 is 14.8 Å². The van der Waals surface area contributed by atoms with Gasteiger partial charge in [0.2, 0.25) is 0 Å². The number of hydrogen-bond donors (Lipinski definition) is 1. The van der Waals surface area contributed by atoms with E-state index in [4.69, 9.17) is 4.74 Å². The Bertz CT molecular complexity index is 726. The number of ether oxygens (including phenoxy) is 1. The Kier molecular flexibility index (Phi) is 7.85. The summed E-state index contributed by atoms with van der Waals surface area (Å²) >= 11 is 3.42. The molecule has 0 aliphatic rings. The zero-order valence-corrected chi connectivity index (χ0v) is 16.7. The number of ketones is 1. The van der Waals surface area contributed by atoms with Gasteiger partial charge in [-0.1, -0.05) is 47.1 Å². The summed E-state index contributed by atoms with van der Waals surface area (Å²) in [7, 11) is 0. The standard InChI is InChI=1S/C21H24BrNO3/c1-3-20(17-8-10-18(22)11-9-17)23-21(25)14-26-19-12-6-16(7-13-19)5-4-15(2)24/h6-13,20H,3-5,14H2,1-2H3,(H,23,25). The number of carbonyl (C=O) groups excluding carboxylic acids is 2. The highest BCUT2D eigenvalue weighted by molar-refractivity contribution is 9.10. The molecule has 0 aliphatic carbocycles. The second kappa shape index (κ2) is 10.1. The smallest absolute Gasteiger partial charge is 0.258 e. The molecule has 2 rings (SSSR count). The third-order valence-corrected chi connectivity index (χ3v) is 4.60. The van der Waals surface area contributed by atoms with E-state index in [1.54, 1.807) is 6.92 Å². The van der Waals surface area contributed by atoms with Crippen LogP contribution in [-0.4, -0.2) is 18.3 Å². The lowest BCUT2D eigenvalue weighted by Crippen LogP contribution is -2.32. The highest BCUT2D eigenvalue weighted by Crippen LogP contribution is 2.19. The van der Waals surface area contributed by atoms with Crippen LogP contribution in [0.1, 0.15) is 43.9 Å². The molecule has 0 saturated heterocycles. The molecular weight excluding hydrogens is 394 g/mol. The van der Waals surface area contributed by atoms with E-state index in [9.17, 15) is 9.59 Å². The van der Waals surface area contributed by atoms with Gasteiger partial charge in [0.15, 0.2) is 6.61 Å².